The Balaban J connectivity index is 1.93. The van der Waals surface area contributed by atoms with Crippen LogP contribution in [-0.4, -0.2) is 40.9 Å². The van der Waals surface area contributed by atoms with E-state index in [9.17, 15) is 9.59 Å². The van der Waals surface area contributed by atoms with Crippen LogP contribution in [0.1, 0.15) is 31.4 Å². The molecule has 0 radical (unpaired) electrons. The molecule has 5 heteroatoms. The van der Waals surface area contributed by atoms with Crippen LogP contribution in [0, 0.1) is 11.3 Å². The zero-order valence-corrected chi connectivity index (χ0v) is 18.9. The monoisotopic (exact) mass is 458 g/mol. The van der Waals surface area contributed by atoms with Crippen molar-refractivity contribution >= 4 is 31.2 Å². The van der Waals surface area contributed by atoms with Gasteiger partial charge in [0.15, 0.2) is 0 Å². The van der Waals surface area contributed by atoms with Gasteiger partial charge in [0.2, 0.25) is 0 Å². The summed E-state index contributed by atoms with van der Waals surface area (Å²) in [5.41, 5.74) is -0.133. The van der Waals surface area contributed by atoms with Crippen molar-refractivity contribution in [2.75, 3.05) is 14.2 Å². The number of carbonyl (C=O) groups is 2. The van der Waals surface area contributed by atoms with Gasteiger partial charge in [0.1, 0.15) is 0 Å². The number of carbonyl (C=O) groups excluding carboxylic acids is 2. The molecule has 2 bridgehead atoms. The summed E-state index contributed by atoms with van der Waals surface area (Å²) in [6.45, 7) is 4.14. The van der Waals surface area contributed by atoms with Crippen molar-refractivity contribution in [1.82, 2.24) is 0 Å². The Morgan fingerprint density at radius 2 is 1.79 bits per heavy atom. The van der Waals surface area contributed by atoms with Gasteiger partial charge in [0.05, 0.1) is 0 Å². The molecule has 0 heterocycles. The van der Waals surface area contributed by atoms with Gasteiger partial charge in [-0.1, -0.05) is 0 Å². The zero-order valence-electron chi connectivity index (χ0n) is 17.2. The van der Waals surface area contributed by atoms with E-state index < -0.39 is 16.8 Å². The maximum atomic E-state index is 13.8. The van der Waals surface area contributed by atoms with E-state index in [1.54, 1.807) is 7.11 Å². The van der Waals surface area contributed by atoms with E-state index in [4.69, 9.17) is 9.47 Å². The molecule has 29 heavy (non-hydrogen) atoms. The van der Waals surface area contributed by atoms with Crippen molar-refractivity contribution in [3.63, 3.8) is 0 Å². The van der Waals surface area contributed by atoms with E-state index in [1.165, 1.54) is 11.6 Å². The van der Waals surface area contributed by atoms with Gasteiger partial charge in [-0.15, -0.1) is 0 Å². The topological polar surface area (TPSA) is 52.6 Å². The molecule has 0 N–H and O–H groups in total. The van der Waals surface area contributed by atoms with Crippen molar-refractivity contribution in [2.45, 2.75) is 36.9 Å². The molecule has 0 amide bonds. The summed E-state index contributed by atoms with van der Waals surface area (Å²) in [6.07, 6.45) is 1.41. The predicted molar refractivity (Wildman–Crippen MR) is 113 cm³/mol. The Hall–Kier alpha value is -2.10. The molecule has 2 aliphatic carbocycles. The fourth-order valence-corrected chi connectivity index (χ4v) is 8.26. The molecule has 0 saturated heterocycles. The van der Waals surface area contributed by atoms with E-state index in [0.29, 0.717) is 6.42 Å². The summed E-state index contributed by atoms with van der Waals surface area (Å²) >= 11 is 0.138. The van der Waals surface area contributed by atoms with Crippen molar-refractivity contribution in [1.29, 1.82) is 0 Å². The van der Waals surface area contributed by atoms with Crippen molar-refractivity contribution in [3.8, 4) is 5.75 Å². The third-order valence-electron chi connectivity index (χ3n) is 6.73. The van der Waals surface area contributed by atoms with E-state index in [2.05, 4.69) is 38.1 Å². The quantitative estimate of drug-likeness (QED) is 0.402. The van der Waals surface area contributed by atoms with Gasteiger partial charge in [0.25, 0.3) is 0 Å². The third-order valence-corrected chi connectivity index (χ3v) is 10.1. The van der Waals surface area contributed by atoms with Crippen LogP contribution >= 0.6 is 0 Å². The van der Waals surface area contributed by atoms with E-state index in [-0.39, 0.29) is 31.5 Å². The van der Waals surface area contributed by atoms with Gasteiger partial charge < -0.3 is 0 Å². The van der Waals surface area contributed by atoms with E-state index in [0.717, 1.165) is 23.3 Å². The second-order valence-electron chi connectivity index (χ2n) is 8.37. The fourth-order valence-electron chi connectivity index (χ4n) is 5.23. The van der Waals surface area contributed by atoms with Crippen LogP contribution in [0.15, 0.2) is 48.5 Å². The van der Waals surface area contributed by atoms with Crippen LogP contribution < -0.4 is 9.20 Å². The predicted octanol–water partition coefficient (Wildman–Crippen LogP) is 3.10. The number of hydrogen-bond acceptors (Lipinski definition) is 4. The molecule has 0 aromatic heterocycles. The van der Waals surface area contributed by atoms with Crippen molar-refractivity contribution < 1.29 is 19.1 Å². The number of hydrogen-bond donors (Lipinski definition) is 0. The second kappa shape index (κ2) is 7.30. The molecule has 2 aromatic rings. The SMILES string of the molecule is COC(=O)[C@]12C(=O)[C@H](Cc3c(OC)cccc31)C[C@@H]([Se]c1ccccc1)C2(C)C. The molecule has 0 unspecified atom stereocenters. The number of benzene rings is 2. The number of fused-ring (bicyclic) bond motifs is 4. The fraction of sp³-hybridized carbons (Fsp3) is 0.417. The Kier molecular flexibility index (Phi) is 5.08. The normalized spacial score (nSPS) is 27.1. The van der Waals surface area contributed by atoms with E-state index in [1.807, 2.05) is 24.3 Å². The summed E-state index contributed by atoms with van der Waals surface area (Å²) in [4.78, 5) is 27.4. The molecular weight excluding hydrogens is 431 g/mol. The average molecular weight is 457 g/mol. The number of Topliss-reactive ketones (excluding diaryl/α,β-unsaturated/α-hetero) is 1. The molecule has 1 fully saturated rings. The molecule has 4 rings (SSSR count). The number of methoxy groups -OCH3 is 2. The van der Waals surface area contributed by atoms with Crippen LogP contribution in [0.5, 0.6) is 5.75 Å². The van der Waals surface area contributed by atoms with Crippen molar-refractivity contribution in [2.24, 2.45) is 11.3 Å². The first-order valence-electron chi connectivity index (χ1n) is 9.88. The van der Waals surface area contributed by atoms with Crippen LogP contribution in [0.2, 0.25) is 4.82 Å². The second-order valence-corrected chi connectivity index (χ2v) is 11.0. The summed E-state index contributed by atoms with van der Waals surface area (Å²) in [5, 5.41) is 0. The minimum absolute atomic E-state index is 0.00946. The number of ketones is 1. The summed E-state index contributed by atoms with van der Waals surface area (Å²) < 4.78 is 12.2. The van der Waals surface area contributed by atoms with Gasteiger partial charge in [-0.2, -0.15) is 0 Å². The van der Waals surface area contributed by atoms with Gasteiger partial charge >= 0.3 is 178 Å². The molecule has 152 valence electrons. The standard InChI is InChI=1S/C24H26O4Se/c1-23(2)20(29-16-9-6-5-7-10-16)14-15-13-17-18(11-8-12-19(17)27-3)24(23,21(15)25)22(26)28-4/h5-12,15,20H,13-14H2,1-4H3/t15-,20-,24-/m1/s1. The summed E-state index contributed by atoms with van der Waals surface area (Å²) in [6, 6.07) is 16.1. The Morgan fingerprint density at radius 1 is 1.07 bits per heavy atom. The number of rotatable bonds is 4. The molecule has 0 spiro atoms. The Morgan fingerprint density at radius 3 is 2.45 bits per heavy atom. The maximum absolute atomic E-state index is 13.8. The summed E-state index contributed by atoms with van der Waals surface area (Å²) in [7, 11) is 3.02. The van der Waals surface area contributed by atoms with Gasteiger partial charge in [-0.05, 0) is 0 Å². The molecule has 4 nitrogen and oxygen atoms in total. The number of esters is 1. The van der Waals surface area contributed by atoms with Crippen LogP contribution in [0.3, 0.4) is 0 Å². The van der Waals surface area contributed by atoms with Gasteiger partial charge in [-0.25, -0.2) is 0 Å². The first-order valence-corrected chi connectivity index (χ1v) is 11.7. The molecule has 2 aromatic carbocycles. The van der Waals surface area contributed by atoms with Crippen LogP contribution in [0.4, 0.5) is 0 Å². The van der Waals surface area contributed by atoms with E-state index >= 15 is 0 Å². The minimum atomic E-state index is -1.30. The zero-order chi connectivity index (χ0) is 20.8. The first kappa shape index (κ1) is 20.2. The molecule has 2 aliphatic rings. The molecular formula is C24H26O4Se. The molecule has 3 atom stereocenters. The van der Waals surface area contributed by atoms with Gasteiger partial charge in [0, 0.05) is 0 Å². The Bertz CT molecular complexity index is 953. The molecule has 0 aliphatic heterocycles. The summed E-state index contributed by atoms with van der Waals surface area (Å²) in [5.74, 6) is 0.119. The average Bonchev–Trinajstić information content (AvgIpc) is 2.72. The van der Waals surface area contributed by atoms with Crippen molar-refractivity contribution in [3.05, 3.63) is 59.7 Å². The third kappa shape index (κ3) is 2.78. The molecule has 1 saturated carbocycles. The Labute approximate surface area is 178 Å². The first-order chi connectivity index (χ1) is 13.9. The van der Waals surface area contributed by atoms with Gasteiger partial charge in [-0.3, -0.25) is 0 Å². The van der Waals surface area contributed by atoms with Crippen LogP contribution in [-0.2, 0) is 26.2 Å². The van der Waals surface area contributed by atoms with Crippen LogP contribution in [0.25, 0.3) is 0 Å². The number of ether oxygens (including phenoxy) is 2.